The summed E-state index contributed by atoms with van der Waals surface area (Å²) in [5.41, 5.74) is 1.13. The van der Waals surface area contributed by atoms with Crippen molar-refractivity contribution in [3.05, 3.63) is 54.1 Å². The number of rotatable bonds is 3. The normalized spacial score (nSPS) is 23.6. The number of benzene rings is 1. The van der Waals surface area contributed by atoms with Crippen LogP contribution in [0.1, 0.15) is 17.9 Å². The van der Waals surface area contributed by atoms with Gasteiger partial charge >= 0.3 is 6.03 Å². The molecule has 8 nitrogen and oxygen atoms in total. The molecule has 0 bridgehead atoms. The van der Waals surface area contributed by atoms with Crippen molar-refractivity contribution >= 4 is 11.9 Å². The van der Waals surface area contributed by atoms with Crippen molar-refractivity contribution in [1.82, 2.24) is 20.1 Å². The molecule has 3 aliphatic rings. The van der Waals surface area contributed by atoms with Gasteiger partial charge in [0.15, 0.2) is 0 Å². The van der Waals surface area contributed by atoms with E-state index in [9.17, 15) is 14.0 Å². The number of pyridine rings is 1. The second-order valence-corrected chi connectivity index (χ2v) is 8.15. The summed E-state index contributed by atoms with van der Waals surface area (Å²) in [5.74, 6) is 0.639. The van der Waals surface area contributed by atoms with Crippen molar-refractivity contribution in [1.29, 1.82) is 0 Å². The highest BCUT2D eigenvalue weighted by atomic mass is 19.1. The molecule has 3 fully saturated rings. The maximum absolute atomic E-state index is 13.2. The maximum Gasteiger partial charge on any atom is 0.320 e. The van der Waals surface area contributed by atoms with E-state index in [1.807, 2.05) is 29.2 Å². The van der Waals surface area contributed by atoms with Crippen LogP contribution >= 0.6 is 0 Å². The third-order valence-electron chi connectivity index (χ3n) is 6.01. The molecule has 1 N–H and O–H groups in total. The minimum absolute atomic E-state index is 0.00483. The lowest BCUT2D eigenvalue weighted by molar-refractivity contribution is -0.139. The number of halogens is 1. The van der Waals surface area contributed by atoms with E-state index >= 15 is 0 Å². The first-order valence-corrected chi connectivity index (χ1v) is 10.4. The summed E-state index contributed by atoms with van der Waals surface area (Å²) in [6, 6.07) is 8.76. The molecular weight excluding hydrogens is 403 g/mol. The molecule has 1 aromatic carbocycles. The van der Waals surface area contributed by atoms with Crippen molar-refractivity contribution in [2.24, 2.45) is 0 Å². The van der Waals surface area contributed by atoms with E-state index in [0.717, 1.165) is 18.2 Å². The Bertz CT molecular complexity index is 980. The van der Waals surface area contributed by atoms with Crippen molar-refractivity contribution in [2.75, 3.05) is 32.8 Å². The zero-order valence-electron chi connectivity index (χ0n) is 16.9. The average Bonchev–Trinajstić information content (AvgIpc) is 2.73. The number of fused-ring (bicyclic) bond motifs is 1. The number of hydrogen-bond acceptors (Lipinski definition) is 5. The Morgan fingerprint density at radius 2 is 1.94 bits per heavy atom. The van der Waals surface area contributed by atoms with E-state index in [0.29, 0.717) is 37.7 Å². The van der Waals surface area contributed by atoms with Gasteiger partial charge in [-0.25, -0.2) is 9.18 Å². The van der Waals surface area contributed by atoms with Crippen molar-refractivity contribution in [3.63, 3.8) is 0 Å². The van der Waals surface area contributed by atoms with Crippen LogP contribution in [0.3, 0.4) is 0 Å². The molecule has 0 spiro atoms. The van der Waals surface area contributed by atoms with Crippen LogP contribution in [-0.2, 0) is 9.53 Å². The number of carbonyl (C=O) groups excluding carboxylic acids is 2. The van der Waals surface area contributed by atoms with Gasteiger partial charge in [-0.2, -0.15) is 0 Å². The van der Waals surface area contributed by atoms with Crippen LogP contribution in [0.2, 0.25) is 0 Å². The molecule has 2 atom stereocenters. The Balaban J connectivity index is 1.13. The van der Waals surface area contributed by atoms with Crippen molar-refractivity contribution < 1.29 is 23.5 Å². The number of amides is 3. The summed E-state index contributed by atoms with van der Waals surface area (Å²) in [6.45, 7) is 2.53. The highest BCUT2D eigenvalue weighted by molar-refractivity contribution is 5.79. The van der Waals surface area contributed by atoms with Gasteiger partial charge in [0.05, 0.1) is 24.5 Å². The van der Waals surface area contributed by atoms with Crippen molar-refractivity contribution in [3.8, 4) is 11.5 Å². The van der Waals surface area contributed by atoms with Gasteiger partial charge in [0.2, 0.25) is 5.91 Å². The number of nitrogens with zero attached hydrogens (tertiary/aromatic N) is 3. The van der Waals surface area contributed by atoms with Gasteiger partial charge in [-0.15, -0.1) is 0 Å². The molecule has 0 saturated carbocycles. The average molecular weight is 426 g/mol. The number of nitrogens with one attached hydrogen (secondary N) is 1. The predicted molar refractivity (Wildman–Crippen MR) is 108 cm³/mol. The topological polar surface area (TPSA) is 84.0 Å². The second-order valence-electron chi connectivity index (χ2n) is 8.15. The fraction of sp³-hybridized carbons (Fsp3) is 0.409. The highest BCUT2D eigenvalue weighted by Gasteiger charge is 2.40. The van der Waals surface area contributed by atoms with Gasteiger partial charge in [0.1, 0.15) is 23.9 Å². The number of carbonyl (C=O) groups is 2. The smallest absolute Gasteiger partial charge is 0.320 e. The molecule has 3 aliphatic heterocycles. The Morgan fingerprint density at radius 1 is 1.13 bits per heavy atom. The lowest BCUT2D eigenvalue weighted by atomic mass is 9.91. The number of ether oxygens (including phenoxy) is 2. The van der Waals surface area contributed by atoms with Crippen molar-refractivity contribution in [2.45, 2.75) is 24.5 Å². The summed E-state index contributed by atoms with van der Waals surface area (Å²) in [4.78, 5) is 31.8. The molecule has 2 aromatic rings. The molecule has 3 saturated heterocycles. The van der Waals surface area contributed by atoms with Gasteiger partial charge in [-0.1, -0.05) is 12.1 Å². The lowest BCUT2D eigenvalue weighted by Crippen LogP contribution is -2.63. The van der Waals surface area contributed by atoms with Crippen LogP contribution in [0, 0.1) is 5.82 Å². The van der Waals surface area contributed by atoms with Gasteiger partial charge < -0.3 is 24.6 Å². The summed E-state index contributed by atoms with van der Waals surface area (Å²) < 4.78 is 24.4. The maximum atomic E-state index is 13.2. The van der Waals surface area contributed by atoms with Crippen LogP contribution in [0.15, 0.2) is 42.7 Å². The Morgan fingerprint density at radius 3 is 2.71 bits per heavy atom. The zero-order valence-corrected chi connectivity index (χ0v) is 16.9. The van der Waals surface area contributed by atoms with Gasteiger partial charge in [-0.3, -0.25) is 9.78 Å². The first-order chi connectivity index (χ1) is 15.0. The first-order valence-electron chi connectivity index (χ1n) is 10.4. The number of likely N-dealkylation sites (tertiary alicyclic amines) is 2. The van der Waals surface area contributed by atoms with E-state index in [2.05, 4.69) is 10.3 Å². The molecule has 9 heteroatoms. The third kappa shape index (κ3) is 4.18. The largest absolute Gasteiger partial charge is 0.456 e. The quantitative estimate of drug-likeness (QED) is 0.813. The molecule has 162 valence electrons. The van der Waals surface area contributed by atoms with Gasteiger partial charge in [-0.05, 0) is 24.1 Å². The summed E-state index contributed by atoms with van der Waals surface area (Å²) in [5, 5.41) is 2.93. The molecule has 0 radical (unpaired) electrons. The zero-order chi connectivity index (χ0) is 21.4. The molecule has 4 heterocycles. The molecule has 31 heavy (non-hydrogen) atoms. The number of hydrogen-bond donors (Lipinski definition) is 1. The van der Waals surface area contributed by atoms with Crippen LogP contribution in [0.25, 0.3) is 0 Å². The van der Waals surface area contributed by atoms with E-state index < -0.39 is 5.82 Å². The van der Waals surface area contributed by atoms with Gasteiger partial charge in [0.25, 0.3) is 0 Å². The minimum Gasteiger partial charge on any atom is -0.456 e. The van der Waals surface area contributed by atoms with Crippen LogP contribution in [0.4, 0.5) is 9.18 Å². The van der Waals surface area contributed by atoms with Gasteiger partial charge in [0, 0.05) is 38.2 Å². The monoisotopic (exact) mass is 426 g/mol. The summed E-state index contributed by atoms with van der Waals surface area (Å²) >= 11 is 0. The second kappa shape index (κ2) is 8.14. The van der Waals surface area contributed by atoms with Crippen LogP contribution in [-0.4, -0.2) is 71.7 Å². The predicted octanol–water partition coefficient (Wildman–Crippen LogP) is 2.12. The Kier molecular flexibility index (Phi) is 5.19. The standard InChI is InChI=1S/C22H23FN4O4/c23-16-7-18(9-24-8-16)31-17-3-1-14(2-4-17)15-10-27(11-15)22(29)26-6-5-20-19(12-26)25-21(28)13-30-20/h1-4,7-9,15,19-20H,5-6,10-13H2,(H,25,28)/t19-,20?/m1/s1. The number of morpholine rings is 1. The highest BCUT2D eigenvalue weighted by Crippen LogP contribution is 2.31. The molecule has 1 aromatic heterocycles. The SMILES string of the molecule is O=C1COC2CCN(C(=O)N3CC(c4ccc(Oc5cncc(F)c5)cc4)C3)C[C@H]2N1. The number of urea groups is 1. The molecule has 3 amide bonds. The van der Waals surface area contributed by atoms with Crippen LogP contribution in [0.5, 0.6) is 11.5 Å². The Labute approximate surface area is 178 Å². The van der Waals surface area contributed by atoms with E-state index in [1.54, 1.807) is 4.90 Å². The Hall–Kier alpha value is -3.20. The first kappa shape index (κ1) is 19.7. The summed E-state index contributed by atoms with van der Waals surface area (Å²) in [7, 11) is 0. The lowest BCUT2D eigenvalue weighted by Gasteiger charge is -2.46. The molecule has 1 unspecified atom stereocenters. The molecule has 5 rings (SSSR count). The molecular formula is C22H23FN4O4. The van der Waals surface area contributed by atoms with E-state index in [4.69, 9.17) is 9.47 Å². The minimum atomic E-state index is -0.448. The number of aromatic nitrogens is 1. The van der Waals surface area contributed by atoms with E-state index in [1.165, 1.54) is 12.3 Å². The fourth-order valence-corrected chi connectivity index (χ4v) is 4.31. The number of piperidine rings is 1. The molecule has 0 aliphatic carbocycles. The fourth-order valence-electron chi connectivity index (χ4n) is 4.31. The van der Waals surface area contributed by atoms with Crippen LogP contribution < -0.4 is 10.1 Å². The summed E-state index contributed by atoms with van der Waals surface area (Å²) in [6.07, 6.45) is 3.31. The van der Waals surface area contributed by atoms with E-state index in [-0.39, 0.29) is 36.6 Å². The third-order valence-corrected chi connectivity index (χ3v) is 6.01.